The van der Waals surface area contributed by atoms with Crippen LogP contribution in [0.5, 0.6) is 0 Å². The van der Waals surface area contributed by atoms with Gasteiger partial charge in [0.2, 0.25) is 0 Å². The summed E-state index contributed by atoms with van der Waals surface area (Å²) in [6, 6.07) is 3.16. The van der Waals surface area contributed by atoms with Crippen LogP contribution in [0.2, 0.25) is 0 Å². The van der Waals surface area contributed by atoms with Crippen LogP contribution in [-0.4, -0.2) is 49.1 Å². The minimum absolute atomic E-state index is 0.0177. The van der Waals surface area contributed by atoms with Gasteiger partial charge in [-0.25, -0.2) is 13.4 Å². The molecule has 7 heteroatoms. The number of hydrogen-bond donors (Lipinski definition) is 2. The third-order valence-corrected chi connectivity index (χ3v) is 4.74. The van der Waals surface area contributed by atoms with Crippen molar-refractivity contribution in [2.24, 2.45) is 0 Å². The van der Waals surface area contributed by atoms with Gasteiger partial charge in [-0.15, -0.1) is 0 Å². The van der Waals surface area contributed by atoms with E-state index in [-0.39, 0.29) is 24.2 Å². The molecule has 1 heterocycles. The van der Waals surface area contributed by atoms with Gasteiger partial charge in [-0.3, -0.25) is 0 Å². The number of nitrogens with zero attached hydrogens (tertiary/aromatic N) is 2. The quantitative estimate of drug-likeness (QED) is 0.779. The maximum atomic E-state index is 12.6. The standard InChI is InChI=1S/C12H21N3O3S/c1-10(2)15(8-5-9-16)19(17,18)12-11(13-3)6-4-7-14-12/h4,6-7,10,13,16H,5,8-9H2,1-3H3. The first-order valence-corrected chi connectivity index (χ1v) is 7.64. The van der Waals surface area contributed by atoms with E-state index in [1.54, 1.807) is 33.0 Å². The summed E-state index contributed by atoms with van der Waals surface area (Å²) in [5.74, 6) is 0. The smallest absolute Gasteiger partial charge is 0.262 e. The second-order valence-electron chi connectivity index (χ2n) is 4.39. The molecule has 0 spiro atoms. The second-order valence-corrected chi connectivity index (χ2v) is 6.20. The van der Waals surface area contributed by atoms with Crippen LogP contribution in [-0.2, 0) is 10.0 Å². The van der Waals surface area contributed by atoms with E-state index in [1.165, 1.54) is 10.5 Å². The van der Waals surface area contributed by atoms with E-state index in [0.717, 1.165) is 0 Å². The molecule has 0 fully saturated rings. The van der Waals surface area contributed by atoms with Gasteiger partial charge in [-0.1, -0.05) is 0 Å². The summed E-state index contributed by atoms with van der Waals surface area (Å²) in [4.78, 5) is 3.98. The Labute approximate surface area is 114 Å². The Morgan fingerprint density at radius 1 is 1.47 bits per heavy atom. The van der Waals surface area contributed by atoms with Gasteiger partial charge in [0, 0.05) is 32.4 Å². The van der Waals surface area contributed by atoms with Crippen LogP contribution in [0.15, 0.2) is 23.4 Å². The lowest BCUT2D eigenvalue weighted by Gasteiger charge is -2.25. The molecule has 0 atom stereocenters. The van der Waals surface area contributed by atoms with E-state index >= 15 is 0 Å². The summed E-state index contributed by atoms with van der Waals surface area (Å²) in [7, 11) is -2.01. The van der Waals surface area contributed by atoms with Crippen molar-refractivity contribution >= 4 is 15.7 Å². The first-order valence-electron chi connectivity index (χ1n) is 6.20. The van der Waals surface area contributed by atoms with E-state index in [2.05, 4.69) is 10.3 Å². The predicted octanol–water partition coefficient (Wildman–Crippen LogP) is 0.905. The van der Waals surface area contributed by atoms with Gasteiger partial charge in [0.1, 0.15) is 0 Å². The molecule has 0 radical (unpaired) electrons. The van der Waals surface area contributed by atoms with E-state index < -0.39 is 10.0 Å². The minimum atomic E-state index is -3.67. The van der Waals surface area contributed by atoms with Crippen LogP contribution >= 0.6 is 0 Å². The Bertz CT molecular complexity index is 503. The summed E-state index contributed by atoms with van der Waals surface area (Å²) in [6.45, 7) is 3.84. The van der Waals surface area contributed by atoms with Crippen LogP contribution in [0.1, 0.15) is 20.3 Å². The van der Waals surface area contributed by atoms with Crippen LogP contribution in [0, 0.1) is 0 Å². The molecule has 0 saturated heterocycles. The third-order valence-electron chi connectivity index (χ3n) is 2.71. The Morgan fingerprint density at radius 3 is 2.68 bits per heavy atom. The van der Waals surface area contributed by atoms with Crippen LogP contribution in [0.25, 0.3) is 0 Å². The van der Waals surface area contributed by atoms with Crippen molar-refractivity contribution in [3.63, 3.8) is 0 Å². The molecule has 0 saturated carbocycles. The van der Waals surface area contributed by atoms with Crippen LogP contribution in [0.4, 0.5) is 5.69 Å². The predicted molar refractivity (Wildman–Crippen MR) is 74.5 cm³/mol. The van der Waals surface area contributed by atoms with Crippen LogP contribution in [0.3, 0.4) is 0 Å². The van der Waals surface area contributed by atoms with Gasteiger partial charge in [-0.2, -0.15) is 4.31 Å². The maximum absolute atomic E-state index is 12.6. The lowest BCUT2D eigenvalue weighted by molar-refractivity contribution is 0.258. The number of pyridine rings is 1. The largest absolute Gasteiger partial charge is 0.396 e. The van der Waals surface area contributed by atoms with E-state index in [9.17, 15) is 8.42 Å². The molecule has 0 unspecified atom stereocenters. The Balaban J connectivity index is 3.19. The monoisotopic (exact) mass is 287 g/mol. The summed E-state index contributed by atoms with van der Waals surface area (Å²) < 4.78 is 26.6. The zero-order valence-electron chi connectivity index (χ0n) is 11.5. The van der Waals surface area contributed by atoms with Gasteiger partial charge in [0.05, 0.1) is 5.69 Å². The molecule has 0 aliphatic heterocycles. The van der Waals surface area contributed by atoms with Crippen molar-refractivity contribution in [1.82, 2.24) is 9.29 Å². The normalized spacial score (nSPS) is 12.1. The molecular weight excluding hydrogens is 266 g/mol. The van der Waals surface area contributed by atoms with Crippen molar-refractivity contribution in [2.75, 3.05) is 25.5 Å². The first-order chi connectivity index (χ1) is 8.95. The van der Waals surface area contributed by atoms with Gasteiger partial charge in [0.15, 0.2) is 5.03 Å². The molecule has 6 nitrogen and oxygen atoms in total. The zero-order chi connectivity index (χ0) is 14.5. The summed E-state index contributed by atoms with van der Waals surface area (Å²) in [5.41, 5.74) is 0.470. The summed E-state index contributed by atoms with van der Waals surface area (Å²) >= 11 is 0. The highest BCUT2D eigenvalue weighted by Gasteiger charge is 2.29. The van der Waals surface area contributed by atoms with E-state index in [0.29, 0.717) is 12.1 Å². The highest BCUT2D eigenvalue weighted by molar-refractivity contribution is 7.89. The fourth-order valence-electron chi connectivity index (χ4n) is 1.78. The van der Waals surface area contributed by atoms with Gasteiger partial charge < -0.3 is 10.4 Å². The fourth-order valence-corrected chi connectivity index (χ4v) is 3.57. The molecule has 1 rings (SSSR count). The van der Waals surface area contributed by atoms with E-state index in [4.69, 9.17) is 5.11 Å². The molecular formula is C12H21N3O3S. The molecule has 108 valence electrons. The number of anilines is 1. The highest BCUT2D eigenvalue weighted by atomic mass is 32.2. The number of aromatic nitrogens is 1. The van der Waals surface area contributed by atoms with Crippen LogP contribution < -0.4 is 5.32 Å². The van der Waals surface area contributed by atoms with Gasteiger partial charge in [0.25, 0.3) is 10.0 Å². The van der Waals surface area contributed by atoms with Crippen molar-refractivity contribution in [3.8, 4) is 0 Å². The lowest BCUT2D eigenvalue weighted by atomic mass is 10.3. The van der Waals surface area contributed by atoms with Crippen molar-refractivity contribution in [3.05, 3.63) is 18.3 Å². The molecule has 0 aromatic carbocycles. The number of aliphatic hydroxyl groups excluding tert-OH is 1. The SMILES string of the molecule is CNc1cccnc1S(=O)(=O)N(CCCO)C(C)C. The zero-order valence-corrected chi connectivity index (χ0v) is 12.3. The molecule has 19 heavy (non-hydrogen) atoms. The Hall–Kier alpha value is -1.18. The average molecular weight is 287 g/mol. The maximum Gasteiger partial charge on any atom is 0.262 e. The first kappa shape index (κ1) is 15.9. The number of nitrogens with one attached hydrogen (secondary N) is 1. The summed E-state index contributed by atoms with van der Waals surface area (Å²) in [5, 5.41) is 11.7. The third kappa shape index (κ3) is 3.65. The number of sulfonamides is 1. The minimum Gasteiger partial charge on any atom is -0.396 e. The van der Waals surface area contributed by atoms with E-state index in [1.807, 2.05) is 0 Å². The fraction of sp³-hybridized carbons (Fsp3) is 0.583. The Kier molecular flexibility index (Phi) is 5.71. The molecule has 0 amide bonds. The molecule has 1 aromatic rings. The Morgan fingerprint density at radius 2 is 2.16 bits per heavy atom. The lowest BCUT2D eigenvalue weighted by Crippen LogP contribution is -2.38. The number of aliphatic hydroxyl groups is 1. The molecule has 0 aliphatic carbocycles. The summed E-state index contributed by atoms with van der Waals surface area (Å²) in [6.07, 6.45) is 1.86. The average Bonchev–Trinajstić information content (AvgIpc) is 2.38. The topological polar surface area (TPSA) is 82.5 Å². The highest BCUT2D eigenvalue weighted by Crippen LogP contribution is 2.23. The van der Waals surface area contributed by atoms with Gasteiger partial charge >= 0.3 is 0 Å². The molecule has 0 bridgehead atoms. The molecule has 0 aliphatic rings. The molecule has 2 N–H and O–H groups in total. The second kappa shape index (κ2) is 6.83. The van der Waals surface area contributed by atoms with Gasteiger partial charge in [-0.05, 0) is 32.4 Å². The van der Waals surface area contributed by atoms with Crippen molar-refractivity contribution in [2.45, 2.75) is 31.3 Å². The van der Waals surface area contributed by atoms with Crippen molar-refractivity contribution < 1.29 is 13.5 Å². The number of hydrogen-bond acceptors (Lipinski definition) is 5. The van der Waals surface area contributed by atoms with Crippen molar-refractivity contribution in [1.29, 1.82) is 0 Å². The molecule has 1 aromatic heterocycles. The number of rotatable bonds is 7.